The van der Waals surface area contributed by atoms with Gasteiger partial charge in [-0.3, -0.25) is 4.90 Å². The predicted octanol–water partition coefficient (Wildman–Crippen LogP) is 2.61. The molecule has 1 aliphatic heterocycles. The molecular formula is C17H17F3N2O2S. The monoisotopic (exact) mass is 370 g/mol. The lowest BCUT2D eigenvalue weighted by Gasteiger charge is -2.34. The van der Waals surface area contributed by atoms with Crippen molar-refractivity contribution in [2.45, 2.75) is 11.4 Å². The van der Waals surface area contributed by atoms with Gasteiger partial charge in [0.1, 0.15) is 5.82 Å². The molecule has 3 rings (SSSR count). The summed E-state index contributed by atoms with van der Waals surface area (Å²) in [6.45, 7) is 1.48. The second-order valence-electron chi connectivity index (χ2n) is 5.85. The molecule has 1 aliphatic rings. The number of hydrogen-bond acceptors (Lipinski definition) is 3. The highest BCUT2D eigenvalue weighted by atomic mass is 32.2. The molecule has 0 aromatic heterocycles. The van der Waals surface area contributed by atoms with Gasteiger partial charge in [0.15, 0.2) is 11.6 Å². The highest BCUT2D eigenvalue weighted by Crippen LogP contribution is 2.20. The summed E-state index contributed by atoms with van der Waals surface area (Å²) >= 11 is 0. The summed E-state index contributed by atoms with van der Waals surface area (Å²) in [5, 5.41) is 0. The summed E-state index contributed by atoms with van der Waals surface area (Å²) in [6.07, 6.45) is 0. The maximum absolute atomic E-state index is 13.7. The van der Waals surface area contributed by atoms with E-state index < -0.39 is 27.5 Å². The molecule has 0 atom stereocenters. The van der Waals surface area contributed by atoms with E-state index in [4.69, 9.17) is 0 Å². The molecule has 1 fully saturated rings. The van der Waals surface area contributed by atoms with E-state index >= 15 is 0 Å². The van der Waals surface area contributed by atoms with Crippen molar-refractivity contribution >= 4 is 10.0 Å². The summed E-state index contributed by atoms with van der Waals surface area (Å²) in [7, 11) is -3.68. The number of sulfonamides is 1. The second kappa shape index (κ2) is 7.15. The molecule has 0 spiro atoms. The largest absolute Gasteiger partial charge is 0.296 e. The molecule has 1 saturated heterocycles. The quantitative estimate of drug-likeness (QED) is 0.831. The Morgan fingerprint density at radius 1 is 0.880 bits per heavy atom. The molecule has 0 unspecified atom stereocenters. The zero-order valence-corrected chi connectivity index (χ0v) is 14.1. The van der Waals surface area contributed by atoms with E-state index in [9.17, 15) is 21.6 Å². The van der Waals surface area contributed by atoms with Gasteiger partial charge in [-0.2, -0.15) is 4.31 Å². The van der Waals surface area contributed by atoms with Crippen LogP contribution in [0.25, 0.3) is 0 Å². The van der Waals surface area contributed by atoms with Gasteiger partial charge in [-0.1, -0.05) is 12.1 Å². The van der Waals surface area contributed by atoms with Crippen LogP contribution in [0.4, 0.5) is 13.2 Å². The predicted molar refractivity (Wildman–Crippen MR) is 86.8 cm³/mol. The highest BCUT2D eigenvalue weighted by Gasteiger charge is 2.28. The number of benzene rings is 2. The van der Waals surface area contributed by atoms with E-state index in [2.05, 4.69) is 0 Å². The Bertz CT molecular complexity index is 849. The van der Waals surface area contributed by atoms with Crippen LogP contribution in [-0.4, -0.2) is 43.8 Å². The smallest absolute Gasteiger partial charge is 0.243 e. The number of rotatable bonds is 4. The van der Waals surface area contributed by atoms with Crippen LogP contribution in [-0.2, 0) is 16.6 Å². The zero-order valence-electron chi connectivity index (χ0n) is 13.3. The summed E-state index contributed by atoms with van der Waals surface area (Å²) in [5.74, 6) is -2.26. The van der Waals surface area contributed by atoms with Crippen LogP contribution in [0, 0.1) is 17.5 Å². The number of nitrogens with zero attached hydrogens (tertiary/aromatic N) is 2. The molecule has 1 heterocycles. The Labute approximate surface area is 144 Å². The fourth-order valence-electron chi connectivity index (χ4n) is 2.80. The molecule has 25 heavy (non-hydrogen) atoms. The maximum Gasteiger partial charge on any atom is 0.243 e. The lowest BCUT2D eigenvalue weighted by molar-refractivity contribution is 0.179. The van der Waals surface area contributed by atoms with Gasteiger partial charge in [0.25, 0.3) is 0 Å². The Hall–Kier alpha value is -1.90. The average molecular weight is 370 g/mol. The van der Waals surface area contributed by atoms with Crippen molar-refractivity contribution in [1.82, 2.24) is 9.21 Å². The average Bonchev–Trinajstić information content (AvgIpc) is 2.60. The highest BCUT2D eigenvalue weighted by molar-refractivity contribution is 7.89. The third kappa shape index (κ3) is 3.86. The molecule has 0 aliphatic carbocycles. The third-order valence-electron chi connectivity index (χ3n) is 4.21. The van der Waals surface area contributed by atoms with Crippen LogP contribution in [0.3, 0.4) is 0 Å². The summed E-state index contributed by atoms with van der Waals surface area (Å²) < 4.78 is 66.4. The van der Waals surface area contributed by atoms with E-state index in [1.807, 2.05) is 4.90 Å². The van der Waals surface area contributed by atoms with Crippen LogP contribution in [0.1, 0.15) is 5.56 Å². The number of halogens is 3. The fraction of sp³-hybridized carbons (Fsp3) is 0.294. The number of piperazine rings is 1. The van der Waals surface area contributed by atoms with Gasteiger partial charge in [-0.05, 0) is 30.3 Å². The molecule has 0 amide bonds. The summed E-state index contributed by atoms with van der Waals surface area (Å²) in [4.78, 5) is 1.91. The first-order valence-corrected chi connectivity index (χ1v) is 9.23. The van der Waals surface area contributed by atoms with Crippen LogP contribution in [0.15, 0.2) is 47.4 Å². The van der Waals surface area contributed by atoms with E-state index in [0.717, 1.165) is 18.2 Å². The van der Waals surface area contributed by atoms with Crippen molar-refractivity contribution < 1.29 is 21.6 Å². The molecule has 0 radical (unpaired) electrons. The third-order valence-corrected chi connectivity index (χ3v) is 6.12. The van der Waals surface area contributed by atoms with Crippen LogP contribution in [0.5, 0.6) is 0 Å². The SMILES string of the molecule is O=S(=O)(c1ccc(F)cc1)N1CCN(Cc2cccc(F)c2F)CC1. The first kappa shape index (κ1) is 17.9. The molecule has 2 aromatic carbocycles. The second-order valence-corrected chi connectivity index (χ2v) is 7.79. The van der Waals surface area contributed by atoms with Crippen molar-refractivity contribution in [2.24, 2.45) is 0 Å². The first-order valence-electron chi connectivity index (χ1n) is 7.79. The molecule has 8 heteroatoms. The van der Waals surface area contributed by atoms with Gasteiger partial charge in [-0.25, -0.2) is 21.6 Å². The molecule has 4 nitrogen and oxygen atoms in total. The maximum atomic E-state index is 13.7. The van der Waals surface area contributed by atoms with Crippen molar-refractivity contribution in [3.63, 3.8) is 0 Å². The van der Waals surface area contributed by atoms with Gasteiger partial charge < -0.3 is 0 Å². The van der Waals surface area contributed by atoms with Crippen LogP contribution >= 0.6 is 0 Å². The van der Waals surface area contributed by atoms with Crippen molar-refractivity contribution in [3.05, 3.63) is 65.5 Å². The first-order chi connectivity index (χ1) is 11.9. The van der Waals surface area contributed by atoms with Crippen LogP contribution < -0.4 is 0 Å². The van der Waals surface area contributed by atoms with Gasteiger partial charge in [0, 0.05) is 38.3 Å². The Balaban J connectivity index is 1.65. The van der Waals surface area contributed by atoms with Crippen LogP contribution in [0.2, 0.25) is 0 Å². The Kier molecular flexibility index (Phi) is 5.12. The topological polar surface area (TPSA) is 40.6 Å². The van der Waals surface area contributed by atoms with Crippen molar-refractivity contribution in [1.29, 1.82) is 0 Å². The lowest BCUT2D eigenvalue weighted by Crippen LogP contribution is -2.48. The molecular weight excluding hydrogens is 353 g/mol. The summed E-state index contributed by atoms with van der Waals surface area (Å²) in [6, 6.07) is 8.71. The van der Waals surface area contributed by atoms with Gasteiger partial charge >= 0.3 is 0 Å². The Morgan fingerprint density at radius 3 is 2.16 bits per heavy atom. The van der Waals surface area contributed by atoms with E-state index in [0.29, 0.717) is 13.1 Å². The standard InChI is InChI=1S/C17H17F3N2O2S/c18-14-4-6-15(7-5-14)25(23,24)22-10-8-21(9-11-22)12-13-2-1-3-16(19)17(13)20/h1-7H,8-12H2. The molecule has 0 N–H and O–H groups in total. The van der Waals surface area contributed by atoms with E-state index in [1.54, 1.807) is 0 Å². The van der Waals surface area contributed by atoms with Crippen molar-refractivity contribution in [2.75, 3.05) is 26.2 Å². The number of hydrogen-bond donors (Lipinski definition) is 0. The minimum atomic E-state index is -3.68. The molecule has 0 saturated carbocycles. The molecule has 2 aromatic rings. The van der Waals surface area contributed by atoms with Gasteiger partial charge in [-0.15, -0.1) is 0 Å². The van der Waals surface area contributed by atoms with Gasteiger partial charge in [0.2, 0.25) is 10.0 Å². The normalized spacial score (nSPS) is 16.9. The molecule has 0 bridgehead atoms. The summed E-state index contributed by atoms with van der Waals surface area (Å²) in [5.41, 5.74) is 0.245. The lowest BCUT2D eigenvalue weighted by atomic mass is 10.2. The zero-order chi connectivity index (χ0) is 18.0. The van der Waals surface area contributed by atoms with E-state index in [1.165, 1.54) is 28.6 Å². The van der Waals surface area contributed by atoms with Crippen molar-refractivity contribution in [3.8, 4) is 0 Å². The Morgan fingerprint density at radius 2 is 1.52 bits per heavy atom. The van der Waals surface area contributed by atoms with Gasteiger partial charge in [0.05, 0.1) is 4.90 Å². The molecule has 134 valence electrons. The minimum Gasteiger partial charge on any atom is -0.296 e. The van der Waals surface area contributed by atoms with E-state index in [-0.39, 0.29) is 30.1 Å². The minimum absolute atomic E-state index is 0.0403. The fourth-order valence-corrected chi connectivity index (χ4v) is 4.22.